The molecule has 1 aliphatic rings. The lowest BCUT2D eigenvalue weighted by molar-refractivity contribution is -0.149. The van der Waals surface area contributed by atoms with E-state index in [9.17, 15) is 9.90 Å². The number of aliphatic hydroxyl groups is 1. The summed E-state index contributed by atoms with van der Waals surface area (Å²) in [6.45, 7) is 13.5. The molecule has 0 saturated heterocycles. The number of hydrogen-bond donors (Lipinski definition) is 1. The molecule has 2 atom stereocenters. The van der Waals surface area contributed by atoms with Crippen LogP contribution in [0.3, 0.4) is 0 Å². The molecule has 0 radical (unpaired) electrons. The first-order valence-corrected chi connectivity index (χ1v) is 11.2. The van der Waals surface area contributed by atoms with Gasteiger partial charge >= 0.3 is 5.97 Å². The third-order valence-corrected chi connectivity index (χ3v) is 9.14. The molecule has 1 rings (SSSR count). The predicted octanol–water partition coefficient (Wildman–Crippen LogP) is 2.71. The van der Waals surface area contributed by atoms with Crippen LogP contribution in [-0.4, -0.2) is 51.0 Å². The summed E-state index contributed by atoms with van der Waals surface area (Å²) in [5, 5.41) is 13.5. The molecule has 1 aliphatic heterocycles. The highest BCUT2D eigenvalue weighted by molar-refractivity contribution is 6.74. The van der Waals surface area contributed by atoms with Gasteiger partial charge in [-0.2, -0.15) is 0 Å². The zero-order valence-corrected chi connectivity index (χ0v) is 16.2. The van der Waals surface area contributed by atoms with Crippen LogP contribution < -0.4 is 0 Å². The number of nitrogens with zero attached hydrogens (tertiary/aromatic N) is 1. The van der Waals surface area contributed by atoms with E-state index in [-0.39, 0.29) is 17.6 Å². The molecule has 0 aromatic heterocycles. The van der Waals surface area contributed by atoms with Gasteiger partial charge in [0.25, 0.3) is 0 Å². The third kappa shape index (κ3) is 5.29. The summed E-state index contributed by atoms with van der Waals surface area (Å²) in [6.07, 6.45) is 0.738. The Hall–Kier alpha value is -0.923. The maximum atomic E-state index is 12.0. The van der Waals surface area contributed by atoms with Gasteiger partial charge in [0, 0.05) is 6.61 Å². The molecule has 1 N–H and O–H groups in total. The van der Waals surface area contributed by atoms with Crippen LogP contribution in [0.15, 0.2) is 5.16 Å². The minimum Gasteiger partial charge on any atom is -0.465 e. The second-order valence-corrected chi connectivity index (χ2v) is 12.2. The highest BCUT2D eigenvalue weighted by atomic mass is 28.4. The summed E-state index contributed by atoms with van der Waals surface area (Å²) < 4.78 is 11.2. The number of carbonyl (C=O) groups is 1. The predicted molar refractivity (Wildman–Crippen MR) is 91.9 cm³/mol. The Bertz CT molecular complexity index is 431. The topological polar surface area (TPSA) is 77.4 Å². The second kappa shape index (κ2) is 8.26. The highest BCUT2D eigenvalue weighted by Crippen LogP contribution is 2.36. The number of esters is 1. The van der Waals surface area contributed by atoms with E-state index < -0.39 is 20.3 Å². The lowest BCUT2D eigenvalue weighted by atomic mass is 9.95. The minimum absolute atomic E-state index is 0.177. The molecule has 0 fully saturated rings. The van der Waals surface area contributed by atoms with Gasteiger partial charge in [-0.3, -0.25) is 4.79 Å². The smallest absolute Gasteiger partial charge is 0.318 e. The van der Waals surface area contributed by atoms with Gasteiger partial charge < -0.3 is 19.1 Å². The molecule has 0 aliphatic carbocycles. The average molecular weight is 346 g/mol. The van der Waals surface area contributed by atoms with Crippen molar-refractivity contribution in [3.63, 3.8) is 0 Å². The fraction of sp³-hybridized carbons (Fsp3) is 0.875. The van der Waals surface area contributed by atoms with Gasteiger partial charge in [0.15, 0.2) is 14.4 Å². The second-order valence-electron chi connectivity index (χ2n) is 7.35. The number of aliphatic hydroxyl groups excluding tert-OH is 1. The zero-order chi connectivity index (χ0) is 17.7. The lowest BCUT2D eigenvalue weighted by Gasteiger charge is -2.36. The van der Waals surface area contributed by atoms with Gasteiger partial charge in [-0.25, -0.2) is 0 Å². The van der Waals surface area contributed by atoms with Gasteiger partial charge in [-0.15, -0.1) is 0 Å². The summed E-state index contributed by atoms with van der Waals surface area (Å²) in [4.78, 5) is 17.2. The van der Waals surface area contributed by atoms with Crippen molar-refractivity contribution >= 4 is 20.0 Å². The Morgan fingerprint density at radius 1 is 1.39 bits per heavy atom. The van der Waals surface area contributed by atoms with E-state index >= 15 is 0 Å². The molecule has 6 nitrogen and oxygen atoms in total. The Morgan fingerprint density at radius 3 is 2.57 bits per heavy atom. The Balaban J connectivity index is 2.52. The summed E-state index contributed by atoms with van der Waals surface area (Å²) in [5.74, 6) is -0.985. The third-order valence-electron chi connectivity index (χ3n) is 4.60. The summed E-state index contributed by atoms with van der Waals surface area (Å²) in [7, 11) is -1.76. The van der Waals surface area contributed by atoms with Crippen LogP contribution in [-0.2, 0) is 18.8 Å². The first-order valence-electron chi connectivity index (χ1n) is 8.28. The Morgan fingerprint density at radius 2 is 2.04 bits per heavy atom. The maximum Gasteiger partial charge on any atom is 0.318 e. The van der Waals surface area contributed by atoms with Crippen LogP contribution in [0.1, 0.15) is 40.5 Å². The van der Waals surface area contributed by atoms with Gasteiger partial charge in [-0.1, -0.05) is 25.9 Å². The van der Waals surface area contributed by atoms with E-state index in [1.807, 2.05) is 0 Å². The van der Waals surface area contributed by atoms with Gasteiger partial charge in [-0.05, 0) is 37.9 Å². The first kappa shape index (κ1) is 20.1. The largest absolute Gasteiger partial charge is 0.465 e. The monoisotopic (exact) mass is 345 g/mol. The molecule has 0 aromatic carbocycles. The SMILES string of the molecule is CCOC(=O)[C@H]1C(CCCO[Si](C)(C)C(C)(C)C)=NO[C@@H]1CO. The molecule has 1 heterocycles. The van der Waals surface area contributed by atoms with Crippen molar-refractivity contribution in [3.8, 4) is 0 Å². The first-order chi connectivity index (χ1) is 10.6. The molecule has 0 spiro atoms. The molecule has 0 aromatic rings. The van der Waals surface area contributed by atoms with Crippen LogP contribution in [0.2, 0.25) is 18.1 Å². The highest BCUT2D eigenvalue weighted by Gasteiger charge is 2.40. The van der Waals surface area contributed by atoms with Crippen molar-refractivity contribution in [3.05, 3.63) is 0 Å². The molecular formula is C16H31NO5Si. The van der Waals surface area contributed by atoms with E-state index in [4.69, 9.17) is 14.0 Å². The number of carbonyl (C=O) groups excluding carboxylic acids is 1. The van der Waals surface area contributed by atoms with E-state index in [0.717, 1.165) is 6.42 Å². The van der Waals surface area contributed by atoms with E-state index in [1.165, 1.54) is 0 Å². The quantitative estimate of drug-likeness (QED) is 0.416. The number of rotatable bonds is 8. The fourth-order valence-corrected chi connectivity index (χ4v) is 3.21. The van der Waals surface area contributed by atoms with Crippen molar-refractivity contribution in [1.29, 1.82) is 0 Å². The van der Waals surface area contributed by atoms with Crippen molar-refractivity contribution < 1.29 is 23.9 Å². The molecule has 23 heavy (non-hydrogen) atoms. The normalized spacial score (nSPS) is 21.8. The molecule has 0 unspecified atom stereocenters. The van der Waals surface area contributed by atoms with Crippen LogP contribution >= 0.6 is 0 Å². The molecule has 7 heteroatoms. The zero-order valence-electron chi connectivity index (χ0n) is 15.2. The van der Waals surface area contributed by atoms with E-state index in [2.05, 4.69) is 39.0 Å². The van der Waals surface area contributed by atoms with Gasteiger partial charge in [0.1, 0.15) is 5.92 Å². The van der Waals surface area contributed by atoms with E-state index in [0.29, 0.717) is 25.3 Å². The summed E-state index contributed by atoms with van der Waals surface area (Å²) >= 11 is 0. The van der Waals surface area contributed by atoms with Crippen molar-refractivity contribution in [2.24, 2.45) is 11.1 Å². The van der Waals surface area contributed by atoms with E-state index in [1.54, 1.807) is 6.92 Å². The van der Waals surface area contributed by atoms with Crippen molar-refractivity contribution in [1.82, 2.24) is 0 Å². The Kier molecular flexibility index (Phi) is 7.22. The number of oxime groups is 1. The minimum atomic E-state index is -1.76. The Labute approximate surface area is 140 Å². The fourth-order valence-electron chi connectivity index (χ4n) is 2.12. The molecule has 0 saturated carbocycles. The van der Waals surface area contributed by atoms with Gasteiger partial charge in [0.05, 0.1) is 18.9 Å². The van der Waals surface area contributed by atoms with Crippen LogP contribution in [0.5, 0.6) is 0 Å². The molecular weight excluding hydrogens is 314 g/mol. The number of ether oxygens (including phenoxy) is 1. The van der Waals surface area contributed by atoms with Crippen LogP contribution in [0.4, 0.5) is 0 Å². The molecule has 134 valence electrons. The average Bonchev–Trinajstić information content (AvgIpc) is 2.85. The summed E-state index contributed by atoms with van der Waals surface area (Å²) in [5.41, 5.74) is 0.640. The van der Waals surface area contributed by atoms with Crippen LogP contribution in [0.25, 0.3) is 0 Å². The lowest BCUT2D eigenvalue weighted by Crippen LogP contribution is -2.41. The van der Waals surface area contributed by atoms with Gasteiger partial charge in [0.2, 0.25) is 0 Å². The van der Waals surface area contributed by atoms with Crippen molar-refractivity contribution in [2.75, 3.05) is 19.8 Å². The van der Waals surface area contributed by atoms with Crippen LogP contribution in [0, 0.1) is 5.92 Å². The molecule has 0 amide bonds. The standard InChI is InChI=1S/C16H31NO5Si/c1-7-20-15(19)14-12(17-22-13(14)11-18)9-8-10-21-23(5,6)16(2,3)4/h13-14,18H,7-11H2,1-6H3/t13-,14+/m1/s1. The van der Waals surface area contributed by atoms with Crippen molar-refractivity contribution in [2.45, 2.75) is 64.8 Å². The maximum absolute atomic E-state index is 12.0. The number of hydrogen-bond acceptors (Lipinski definition) is 6. The molecule has 0 bridgehead atoms. The summed E-state index contributed by atoms with van der Waals surface area (Å²) in [6, 6.07) is 0.